The molecule has 0 aromatic carbocycles. The molecular weight excluding hydrogens is 530 g/mol. The lowest BCUT2D eigenvalue weighted by Crippen LogP contribution is -2.57. The van der Waals surface area contributed by atoms with Gasteiger partial charge in [0, 0.05) is 0 Å². The third-order valence-corrected chi connectivity index (χ3v) is 8.64. The standard InChI is InChI=1S/C35H65NO6/c1-5-6-7-8-9-10-11-12-13-14-15-16-17-18-19-20-21-22-23-24-25-26-36(27-30(2)33(37)38,28-31(3)34(39)40)29-32(4)35(41)42/h19-20,30-32H,5-18,21-29H2,1-4H3,(H2-,37,38,39,40,41,42)/p+1/b20-19+. The number of quaternary nitrogens is 1. The van der Waals surface area contributed by atoms with Crippen molar-refractivity contribution in [2.45, 2.75) is 150 Å². The molecule has 246 valence electrons. The van der Waals surface area contributed by atoms with Gasteiger partial charge in [-0.3, -0.25) is 14.4 Å². The third kappa shape index (κ3) is 21.8. The Morgan fingerprint density at radius 3 is 1.10 bits per heavy atom. The lowest BCUT2D eigenvalue weighted by Gasteiger charge is -2.42. The van der Waals surface area contributed by atoms with E-state index < -0.39 is 35.7 Å². The number of allylic oxidation sites excluding steroid dienone is 2. The molecule has 42 heavy (non-hydrogen) atoms. The van der Waals surface area contributed by atoms with Crippen LogP contribution in [-0.4, -0.2) is 63.9 Å². The lowest BCUT2D eigenvalue weighted by molar-refractivity contribution is -0.934. The third-order valence-electron chi connectivity index (χ3n) is 8.64. The monoisotopic (exact) mass is 596 g/mol. The number of nitrogens with zero attached hydrogens (tertiary/aromatic N) is 1. The van der Waals surface area contributed by atoms with E-state index in [0.29, 0.717) is 6.54 Å². The molecule has 3 N–H and O–H groups in total. The molecule has 3 unspecified atom stereocenters. The first kappa shape index (κ1) is 40.1. The molecule has 7 nitrogen and oxygen atoms in total. The van der Waals surface area contributed by atoms with Crippen LogP contribution >= 0.6 is 0 Å². The van der Waals surface area contributed by atoms with E-state index >= 15 is 0 Å². The summed E-state index contributed by atoms with van der Waals surface area (Å²) in [5.41, 5.74) is 0. The summed E-state index contributed by atoms with van der Waals surface area (Å²) in [5.74, 6) is -4.83. The van der Waals surface area contributed by atoms with E-state index in [1.54, 1.807) is 20.8 Å². The highest BCUT2D eigenvalue weighted by molar-refractivity contribution is 5.70. The fourth-order valence-electron chi connectivity index (χ4n) is 6.05. The van der Waals surface area contributed by atoms with Crippen molar-refractivity contribution >= 4 is 17.9 Å². The summed E-state index contributed by atoms with van der Waals surface area (Å²) in [6.45, 7) is 8.46. The smallest absolute Gasteiger partial charge is 0.311 e. The molecule has 0 aliphatic carbocycles. The number of aliphatic carboxylic acids is 3. The minimum atomic E-state index is -0.936. The second kappa shape index (κ2) is 25.6. The maximum Gasteiger partial charge on any atom is 0.311 e. The molecule has 0 rings (SSSR count). The molecule has 0 spiro atoms. The number of hydrogen-bond donors (Lipinski definition) is 3. The Morgan fingerprint density at radius 2 is 0.786 bits per heavy atom. The maximum absolute atomic E-state index is 11.6. The fraction of sp³-hybridized carbons (Fsp3) is 0.857. The average Bonchev–Trinajstić information content (AvgIpc) is 2.93. The van der Waals surface area contributed by atoms with Crippen molar-refractivity contribution in [1.29, 1.82) is 0 Å². The van der Waals surface area contributed by atoms with Crippen molar-refractivity contribution in [2.24, 2.45) is 17.8 Å². The largest absolute Gasteiger partial charge is 0.481 e. The summed E-state index contributed by atoms with van der Waals surface area (Å²) in [6.07, 6.45) is 28.7. The molecule has 0 aromatic heterocycles. The summed E-state index contributed by atoms with van der Waals surface area (Å²) in [6, 6.07) is 0. The van der Waals surface area contributed by atoms with Gasteiger partial charge in [0.25, 0.3) is 0 Å². The average molecular weight is 597 g/mol. The van der Waals surface area contributed by atoms with Crippen LogP contribution in [0.3, 0.4) is 0 Å². The Kier molecular flexibility index (Phi) is 24.4. The topological polar surface area (TPSA) is 112 Å². The summed E-state index contributed by atoms with van der Waals surface area (Å²) >= 11 is 0. The van der Waals surface area contributed by atoms with Crippen LogP contribution in [0.1, 0.15) is 150 Å². The highest BCUT2D eigenvalue weighted by atomic mass is 16.4. The molecule has 0 saturated heterocycles. The van der Waals surface area contributed by atoms with E-state index in [2.05, 4.69) is 19.1 Å². The van der Waals surface area contributed by atoms with Gasteiger partial charge >= 0.3 is 17.9 Å². The first-order valence-electron chi connectivity index (χ1n) is 17.2. The molecule has 0 radical (unpaired) electrons. The Balaban J connectivity index is 4.24. The Hall–Kier alpha value is -1.89. The summed E-state index contributed by atoms with van der Waals surface area (Å²) < 4.78 is 0.216. The molecule has 0 saturated carbocycles. The van der Waals surface area contributed by atoms with Gasteiger partial charge < -0.3 is 19.8 Å². The minimum Gasteiger partial charge on any atom is -0.481 e. The second-order valence-corrected chi connectivity index (χ2v) is 13.0. The van der Waals surface area contributed by atoms with Crippen molar-refractivity contribution in [3.05, 3.63) is 12.2 Å². The predicted molar refractivity (Wildman–Crippen MR) is 173 cm³/mol. The maximum atomic E-state index is 11.6. The molecule has 0 heterocycles. The molecule has 3 atom stereocenters. The van der Waals surface area contributed by atoms with E-state index in [4.69, 9.17) is 0 Å². The number of carbonyl (C=O) groups is 3. The normalized spacial score (nSPS) is 15.3. The van der Waals surface area contributed by atoms with Gasteiger partial charge in [-0.2, -0.15) is 0 Å². The van der Waals surface area contributed by atoms with Crippen LogP contribution in [-0.2, 0) is 14.4 Å². The van der Waals surface area contributed by atoms with Crippen molar-refractivity contribution in [3.63, 3.8) is 0 Å². The summed E-state index contributed by atoms with van der Waals surface area (Å²) in [4.78, 5) is 34.9. The van der Waals surface area contributed by atoms with Gasteiger partial charge in [-0.1, -0.05) is 103 Å². The van der Waals surface area contributed by atoms with Crippen LogP contribution in [0.25, 0.3) is 0 Å². The molecule has 0 aliphatic heterocycles. The minimum absolute atomic E-state index is 0.216. The first-order chi connectivity index (χ1) is 20.0. The van der Waals surface area contributed by atoms with E-state index in [1.807, 2.05) is 0 Å². The van der Waals surface area contributed by atoms with Gasteiger partial charge in [0.2, 0.25) is 0 Å². The molecule has 0 aliphatic rings. The number of unbranched alkanes of at least 4 members (excludes halogenated alkanes) is 17. The number of hydrogen-bond acceptors (Lipinski definition) is 3. The Bertz CT molecular complexity index is 682. The van der Waals surface area contributed by atoms with Crippen LogP contribution in [0.5, 0.6) is 0 Å². The number of carboxylic acid groups (broad SMARTS) is 3. The molecule has 0 aromatic rings. The number of rotatable bonds is 30. The summed E-state index contributed by atoms with van der Waals surface area (Å²) in [7, 11) is 0. The van der Waals surface area contributed by atoms with Crippen molar-refractivity contribution in [3.8, 4) is 0 Å². The van der Waals surface area contributed by atoms with Crippen LogP contribution in [0, 0.1) is 17.8 Å². The predicted octanol–water partition coefficient (Wildman–Crippen LogP) is 8.95. The van der Waals surface area contributed by atoms with Gasteiger partial charge in [-0.15, -0.1) is 0 Å². The van der Waals surface area contributed by atoms with E-state index in [0.717, 1.165) is 38.5 Å². The molecule has 7 heteroatoms. The molecule has 0 fully saturated rings. The van der Waals surface area contributed by atoms with Crippen LogP contribution in [0.15, 0.2) is 12.2 Å². The Morgan fingerprint density at radius 1 is 0.500 bits per heavy atom. The van der Waals surface area contributed by atoms with Crippen LogP contribution in [0.2, 0.25) is 0 Å². The van der Waals surface area contributed by atoms with E-state index in [1.165, 1.54) is 83.5 Å². The van der Waals surface area contributed by atoms with Gasteiger partial charge in [-0.05, 0) is 59.3 Å². The lowest BCUT2D eigenvalue weighted by atomic mass is 10.0. The molecule has 0 amide bonds. The molecular formula is C35H66NO6+. The van der Waals surface area contributed by atoms with Crippen molar-refractivity contribution in [1.82, 2.24) is 0 Å². The quantitative estimate of drug-likeness (QED) is 0.0433. The zero-order valence-electron chi connectivity index (χ0n) is 27.7. The fourth-order valence-corrected chi connectivity index (χ4v) is 6.05. The number of carboxylic acids is 3. The van der Waals surface area contributed by atoms with Gasteiger partial charge in [0.1, 0.15) is 17.8 Å². The van der Waals surface area contributed by atoms with E-state index in [9.17, 15) is 29.7 Å². The Labute approximate surface area is 257 Å². The van der Waals surface area contributed by atoms with Crippen LogP contribution < -0.4 is 0 Å². The zero-order valence-corrected chi connectivity index (χ0v) is 27.7. The highest BCUT2D eigenvalue weighted by Crippen LogP contribution is 2.22. The van der Waals surface area contributed by atoms with Crippen molar-refractivity contribution in [2.75, 3.05) is 26.2 Å². The SMILES string of the molecule is CCCCCCCCCCCCCCC/C=C/CCCCCC[N+](CC(C)C(=O)O)(CC(C)C(=O)O)CC(C)C(=O)O. The van der Waals surface area contributed by atoms with Crippen LogP contribution in [0.4, 0.5) is 0 Å². The summed E-state index contributed by atoms with van der Waals surface area (Å²) in [5, 5.41) is 28.6. The van der Waals surface area contributed by atoms with E-state index in [-0.39, 0.29) is 24.1 Å². The first-order valence-corrected chi connectivity index (χ1v) is 17.2. The van der Waals surface area contributed by atoms with Gasteiger partial charge in [0.05, 0.1) is 26.2 Å². The van der Waals surface area contributed by atoms with Gasteiger partial charge in [0.15, 0.2) is 0 Å². The van der Waals surface area contributed by atoms with Crippen molar-refractivity contribution < 1.29 is 34.2 Å². The van der Waals surface area contributed by atoms with Gasteiger partial charge in [-0.25, -0.2) is 0 Å². The zero-order chi connectivity index (χ0) is 31.6. The molecule has 0 bridgehead atoms. The second-order valence-electron chi connectivity index (χ2n) is 13.0. The highest BCUT2D eigenvalue weighted by Gasteiger charge is 2.38.